The smallest absolute Gasteiger partial charge is 0.346 e. The molecular formula is C13H19N7O2S. The molecule has 3 rings (SSSR count). The molecule has 3 heterocycles. The Kier molecular flexibility index (Phi) is 4.18. The number of nitrogen functional groups attached to an aromatic ring is 1. The second-order valence-electron chi connectivity index (χ2n) is 5.67. The fraction of sp³-hybridized carbons (Fsp3) is 0.538. The molecule has 0 aliphatic carbocycles. The van der Waals surface area contributed by atoms with Crippen molar-refractivity contribution in [1.29, 1.82) is 0 Å². The summed E-state index contributed by atoms with van der Waals surface area (Å²) in [6, 6.07) is 0. The van der Waals surface area contributed by atoms with Gasteiger partial charge < -0.3 is 10.6 Å². The fourth-order valence-corrected chi connectivity index (χ4v) is 3.20. The first-order valence-electron chi connectivity index (χ1n) is 7.23. The van der Waals surface area contributed by atoms with Gasteiger partial charge in [-0.1, -0.05) is 0 Å². The number of aromatic nitrogens is 4. The molecule has 1 aliphatic rings. The van der Waals surface area contributed by atoms with Crippen molar-refractivity contribution in [1.82, 2.24) is 29.1 Å². The molecule has 0 bridgehead atoms. The first kappa shape index (κ1) is 15.7. The Bertz CT molecular complexity index is 776. The highest BCUT2D eigenvalue weighted by molar-refractivity contribution is 7.15. The van der Waals surface area contributed by atoms with Gasteiger partial charge in [0, 0.05) is 44.8 Å². The van der Waals surface area contributed by atoms with Crippen LogP contribution in [0.25, 0.3) is 0 Å². The van der Waals surface area contributed by atoms with Crippen molar-refractivity contribution in [2.24, 2.45) is 0 Å². The van der Waals surface area contributed by atoms with Crippen molar-refractivity contribution in [3.05, 3.63) is 27.4 Å². The number of amides is 1. The monoisotopic (exact) mass is 337 g/mol. The van der Waals surface area contributed by atoms with Gasteiger partial charge in [-0.05, 0) is 0 Å². The number of fused-ring (bicyclic) bond motifs is 1. The fourth-order valence-electron chi connectivity index (χ4n) is 2.47. The molecule has 9 nitrogen and oxygen atoms in total. The lowest BCUT2D eigenvalue weighted by Gasteiger charge is -2.25. The van der Waals surface area contributed by atoms with Crippen molar-refractivity contribution in [2.45, 2.75) is 26.2 Å². The van der Waals surface area contributed by atoms with Crippen LogP contribution in [0.15, 0.2) is 11.0 Å². The summed E-state index contributed by atoms with van der Waals surface area (Å²) < 4.78 is 2.88. The van der Waals surface area contributed by atoms with Crippen LogP contribution < -0.4 is 11.4 Å². The third kappa shape index (κ3) is 3.27. The maximum Gasteiger partial charge on any atom is 0.346 e. The number of carbonyl (C=O) groups excluding carboxylic acids is 1. The van der Waals surface area contributed by atoms with Crippen LogP contribution in [-0.2, 0) is 31.0 Å². The lowest BCUT2D eigenvalue weighted by molar-refractivity contribution is -0.129. The first-order valence-corrected chi connectivity index (χ1v) is 8.05. The Morgan fingerprint density at radius 3 is 2.87 bits per heavy atom. The quantitative estimate of drug-likeness (QED) is 0.783. The van der Waals surface area contributed by atoms with Crippen molar-refractivity contribution < 1.29 is 4.79 Å². The molecule has 1 amide bonds. The molecule has 10 heteroatoms. The molecule has 23 heavy (non-hydrogen) atoms. The predicted octanol–water partition coefficient (Wildman–Crippen LogP) is -0.812. The zero-order valence-corrected chi connectivity index (χ0v) is 13.9. The van der Waals surface area contributed by atoms with E-state index in [0.717, 1.165) is 18.0 Å². The van der Waals surface area contributed by atoms with Crippen molar-refractivity contribution in [2.75, 3.05) is 26.4 Å². The SMILES string of the molecule is CN(C)C(=O)Cn1nc2n(c1=O)CCN(Cc1cnc(N)s1)C2. The highest BCUT2D eigenvalue weighted by atomic mass is 32.1. The standard InChI is InChI=1S/C13H19N7O2S/c1-17(2)11(21)8-20-13(22)19-4-3-18(7-10(19)16-20)6-9-5-15-12(14)23-9/h5H,3-4,6-8H2,1-2H3,(H2,14,15). The summed E-state index contributed by atoms with van der Waals surface area (Å²) >= 11 is 1.46. The number of nitrogens with two attached hydrogens (primary N) is 1. The van der Waals surface area contributed by atoms with Gasteiger partial charge >= 0.3 is 5.69 Å². The summed E-state index contributed by atoms with van der Waals surface area (Å²) in [6.07, 6.45) is 1.77. The number of carbonyl (C=O) groups is 1. The minimum absolute atomic E-state index is 0.0305. The lowest BCUT2D eigenvalue weighted by atomic mass is 10.3. The van der Waals surface area contributed by atoms with Crippen LogP contribution in [-0.4, -0.2) is 55.7 Å². The summed E-state index contributed by atoms with van der Waals surface area (Å²) in [5.74, 6) is 0.532. The third-order valence-corrected chi connectivity index (χ3v) is 4.55. The van der Waals surface area contributed by atoms with Gasteiger partial charge in [-0.3, -0.25) is 14.3 Å². The summed E-state index contributed by atoms with van der Waals surface area (Å²) in [7, 11) is 3.32. The van der Waals surface area contributed by atoms with E-state index >= 15 is 0 Å². The van der Waals surface area contributed by atoms with Crippen LogP contribution in [0.3, 0.4) is 0 Å². The Hall–Kier alpha value is -2.20. The number of nitrogens with zero attached hydrogens (tertiary/aromatic N) is 6. The van der Waals surface area contributed by atoms with E-state index < -0.39 is 0 Å². The van der Waals surface area contributed by atoms with Gasteiger partial charge in [-0.15, -0.1) is 11.3 Å². The van der Waals surface area contributed by atoms with Crippen molar-refractivity contribution in [3.63, 3.8) is 0 Å². The highest BCUT2D eigenvalue weighted by Gasteiger charge is 2.23. The van der Waals surface area contributed by atoms with Gasteiger partial charge in [0.15, 0.2) is 5.13 Å². The second-order valence-corrected chi connectivity index (χ2v) is 6.82. The summed E-state index contributed by atoms with van der Waals surface area (Å²) in [5.41, 5.74) is 5.42. The van der Waals surface area contributed by atoms with E-state index in [0.29, 0.717) is 24.0 Å². The van der Waals surface area contributed by atoms with E-state index in [1.807, 2.05) is 0 Å². The summed E-state index contributed by atoms with van der Waals surface area (Å²) in [6.45, 7) is 2.58. The van der Waals surface area contributed by atoms with E-state index in [4.69, 9.17) is 5.73 Å². The minimum Gasteiger partial charge on any atom is -0.375 e. The van der Waals surface area contributed by atoms with Crippen LogP contribution in [0, 0.1) is 0 Å². The summed E-state index contributed by atoms with van der Waals surface area (Å²) in [4.78, 5) is 32.8. The van der Waals surface area contributed by atoms with Crippen molar-refractivity contribution in [3.8, 4) is 0 Å². The van der Waals surface area contributed by atoms with Gasteiger partial charge in [0.05, 0.1) is 6.54 Å². The number of thiazole rings is 1. The molecule has 0 atom stereocenters. The largest absolute Gasteiger partial charge is 0.375 e. The predicted molar refractivity (Wildman–Crippen MR) is 85.8 cm³/mol. The summed E-state index contributed by atoms with van der Waals surface area (Å²) in [5, 5.41) is 4.87. The molecule has 0 saturated carbocycles. The molecule has 0 radical (unpaired) electrons. The zero-order chi connectivity index (χ0) is 16.6. The van der Waals surface area contributed by atoms with Gasteiger partial charge in [0.25, 0.3) is 0 Å². The molecular weight excluding hydrogens is 318 g/mol. The van der Waals surface area contributed by atoms with Crippen LogP contribution in [0.5, 0.6) is 0 Å². The molecule has 1 aliphatic heterocycles. The molecule has 2 N–H and O–H groups in total. The van der Waals surface area contributed by atoms with Crippen molar-refractivity contribution >= 4 is 22.4 Å². The number of hydrogen-bond acceptors (Lipinski definition) is 7. The van der Waals surface area contributed by atoms with Gasteiger partial charge in [-0.25, -0.2) is 14.5 Å². The topological polar surface area (TPSA) is 102 Å². The third-order valence-electron chi connectivity index (χ3n) is 3.74. The molecule has 2 aromatic rings. The zero-order valence-electron chi connectivity index (χ0n) is 13.1. The number of anilines is 1. The van der Waals surface area contributed by atoms with E-state index in [1.165, 1.54) is 20.9 Å². The van der Waals surface area contributed by atoms with E-state index in [2.05, 4.69) is 15.0 Å². The lowest BCUT2D eigenvalue weighted by Crippen LogP contribution is -2.38. The molecule has 2 aromatic heterocycles. The van der Waals surface area contributed by atoms with Crippen LogP contribution in [0.2, 0.25) is 0 Å². The molecule has 0 unspecified atom stereocenters. The number of likely N-dealkylation sites (N-methyl/N-ethyl adjacent to an activating group) is 1. The minimum atomic E-state index is -0.225. The van der Waals surface area contributed by atoms with E-state index in [-0.39, 0.29) is 18.1 Å². The van der Waals surface area contributed by atoms with Gasteiger partial charge in [-0.2, -0.15) is 5.10 Å². The highest BCUT2D eigenvalue weighted by Crippen LogP contribution is 2.18. The average Bonchev–Trinajstić information content (AvgIpc) is 3.03. The maximum absolute atomic E-state index is 12.3. The van der Waals surface area contributed by atoms with Crippen LogP contribution in [0.1, 0.15) is 10.7 Å². The Morgan fingerprint density at radius 1 is 1.43 bits per heavy atom. The number of rotatable bonds is 4. The maximum atomic E-state index is 12.3. The van der Waals surface area contributed by atoms with E-state index in [1.54, 1.807) is 24.9 Å². The van der Waals surface area contributed by atoms with Gasteiger partial charge in [0.1, 0.15) is 12.4 Å². The van der Waals surface area contributed by atoms with Gasteiger partial charge in [0.2, 0.25) is 5.91 Å². The second kappa shape index (κ2) is 6.13. The molecule has 0 fully saturated rings. The molecule has 0 spiro atoms. The van der Waals surface area contributed by atoms with Crippen LogP contribution >= 0.6 is 11.3 Å². The Balaban J connectivity index is 1.73. The Labute approximate surface area is 136 Å². The van der Waals surface area contributed by atoms with E-state index in [9.17, 15) is 9.59 Å². The molecule has 0 aromatic carbocycles. The number of hydrogen-bond donors (Lipinski definition) is 1. The average molecular weight is 337 g/mol. The first-order chi connectivity index (χ1) is 10.9. The molecule has 124 valence electrons. The molecule has 0 saturated heterocycles. The normalized spacial score (nSPS) is 14.7. The Morgan fingerprint density at radius 2 is 2.22 bits per heavy atom. The van der Waals surface area contributed by atoms with Crippen LogP contribution in [0.4, 0.5) is 5.13 Å².